The van der Waals surface area contributed by atoms with Gasteiger partial charge < -0.3 is 19.5 Å². The van der Waals surface area contributed by atoms with Gasteiger partial charge in [0.05, 0.1) is 6.42 Å². The van der Waals surface area contributed by atoms with Crippen molar-refractivity contribution in [1.29, 1.82) is 0 Å². The van der Waals surface area contributed by atoms with Gasteiger partial charge in [0.25, 0.3) is 0 Å². The van der Waals surface area contributed by atoms with E-state index < -0.39 is 5.97 Å². The van der Waals surface area contributed by atoms with Gasteiger partial charge in [-0.3, -0.25) is 4.79 Å². The van der Waals surface area contributed by atoms with Crippen LogP contribution in [-0.4, -0.2) is 23.7 Å². The maximum atomic E-state index is 11.1. The summed E-state index contributed by atoms with van der Waals surface area (Å²) in [6.07, 6.45) is 2.12. The van der Waals surface area contributed by atoms with E-state index in [2.05, 4.69) is 4.90 Å². The minimum Gasteiger partial charge on any atom is -0.481 e. The van der Waals surface area contributed by atoms with Crippen LogP contribution in [0.25, 0.3) is 0 Å². The molecule has 1 heterocycles. The first-order valence-corrected chi connectivity index (χ1v) is 9.77. The second-order valence-corrected chi connectivity index (χ2v) is 7.07. The van der Waals surface area contributed by atoms with Gasteiger partial charge in [0.1, 0.15) is 23.0 Å². The smallest absolute Gasteiger partial charge is 0.305 e. The van der Waals surface area contributed by atoms with Crippen LogP contribution in [0.15, 0.2) is 78.9 Å². The molecule has 0 saturated carbocycles. The van der Waals surface area contributed by atoms with E-state index in [1.807, 2.05) is 78.9 Å². The number of ether oxygens (including phenoxy) is 2. The van der Waals surface area contributed by atoms with E-state index >= 15 is 0 Å². The fraction of sp³-hybridized carbons (Fsp3) is 0.208. The van der Waals surface area contributed by atoms with Crippen LogP contribution in [0.2, 0.25) is 0 Å². The predicted molar refractivity (Wildman–Crippen MR) is 112 cm³/mol. The van der Waals surface area contributed by atoms with Crippen LogP contribution in [0.1, 0.15) is 19.3 Å². The summed E-state index contributed by atoms with van der Waals surface area (Å²) in [5.41, 5.74) is 1.03. The van der Waals surface area contributed by atoms with Gasteiger partial charge in [0, 0.05) is 18.3 Å². The van der Waals surface area contributed by atoms with Crippen molar-refractivity contribution in [3.8, 4) is 23.0 Å². The molecular formula is C24H23NO4. The van der Waals surface area contributed by atoms with Gasteiger partial charge >= 0.3 is 5.97 Å². The highest BCUT2D eigenvalue weighted by molar-refractivity contribution is 5.69. The lowest BCUT2D eigenvalue weighted by molar-refractivity contribution is -0.137. The minimum atomic E-state index is -0.749. The van der Waals surface area contributed by atoms with Gasteiger partial charge in [0.15, 0.2) is 0 Å². The van der Waals surface area contributed by atoms with E-state index in [4.69, 9.17) is 14.6 Å². The zero-order chi connectivity index (χ0) is 20.1. The molecule has 0 spiro atoms. The number of aliphatic carboxylic acids is 1. The Labute approximate surface area is 170 Å². The lowest BCUT2D eigenvalue weighted by atomic mass is 10.1. The number of carboxylic acids is 1. The fourth-order valence-corrected chi connectivity index (χ4v) is 3.63. The van der Waals surface area contributed by atoms with Gasteiger partial charge in [0.2, 0.25) is 0 Å². The van der Waals surface area contributed by atoms with E-state index in [0.717, 1.165) is 48.1 Å². The van der Waals surface area contributed by atoms with E-state index in [1.165, 1.54) is 0 Å². The second kappa shape index (κ2) is 8.69. The zero-order valence-corrected chi connectivity index (χ0v) is 16.0. The fourth-order valence-electron chi connectivity index (χ4n) is 3.63. The van der Waals surface area contributed by atoms with Crippen LogP contribution < -0.4 is 14.4 Å². The number of benzene rings is 3. The number of hydrogen-bond acceptors (Lipinski definition) is 4. The summed E-state index contributed by atoms with van der Waals surface area (Å²) in [4.78, 5) is 13.2. The van der Waals surface area contributed by atoms with Crippen LogP contribution >= 0.6 is 0 Å². The molecule has 1 fully saturated rings. The normalized spacial score (nSPS) is 15.9. The standard InChI is InChI=1S/C24H23NO4/c26-24(27)17-19-5-4-16-25(19)18-8-10-21(11-9-18)29-23-14-12-22(13-15-23)28-20-6-2-1-3-7-20/h1-3,6-15,19H,4-5,16-17H2,(H,26,27). The third-order valence-electron chi connectivity index (χ3n) is 4.99. The van der Waals surface area contributed by atoms with Crippen LogP contribution in [0.5, 0.6) is 23.0 Å². The Bertz CT molecular complexity index is 939. The lowest BCUT2D eigenvalue weighted by Gasteiger charge is -2.25. The second-order valence-electron chi connectivity index (χ2n) is 7.07. The molecule has 1 aliphatic rings. The summed E-state index contributed by atoms with van der Waals surface area (Å²) in [6.45, 7) is 0.890. The molecule has 1 saturated heterocycles. The van der Waals surface area contributed by atoms with Crippen molar-refractivity contribution < 1.29 is 19.4 Å². The van der Waals surface area contributed by atoms with Gasteiger partial charge in [-0.25, -0.2) is 0 Å². The molecule has 0 aromatic heterocycles. The molecule has 3 aromatic carbocycles. The topological polar surface area (TPSA) is 59.0 Å². The third kappa shape index (κ3) is 4.88. The van der Waals surface area contributed by atoms with E-state index in [-0.39, 0.29) is 12.5 Å². The number of hydrogen-bond donors (Lipinski definition) is 1. The van der Waals surface area contributed by atoms with E-state index in [9.17, 15) is 4.79 Å². The maximum absolute atomic E-state index is 11.1. The van der Waals surface area contributed by atoms with Crippen molar-refractivity contribution in [3.05, 3.63) is 78.9 Å². The first kappa shape index (κ1) is 18.9. The van der Waals surface area contributed by atoms with Gasteiger partial charge in [-0.05, 0) is 73.5 Å². The molecule has 148 valence electrons. The highest BCUT2D eigenvalue weighted by atomic mass is 16.5. The van der Waals surface area contributed by atoms with Crippen molar-refractivity contribution in [2.75, 3.05) is 11.4 Å². The van der Waals surface area contributed by atoms with Gasteiger partial charge in [-0.2, -0.15) is 0 Å². The average molecular weight is 389 g/mol. The Morgan fingerprint density at radius 1 is 0.828 bits per heavy atom. The van der Waals surface area contributed by atoms with Crippen LogP contribution in [0.4, 0.5) is 5.69 Å². The molecule has 1 unspecified atom stereocenters. The molecule has 0 amide bonds. The highest BCUT2D eigenvalue weighted by Gasteiger charge is 2.26. The summed E-state index contributed by atoms with van der Waals surface area (Å²) in [5.74, 6) is 2.25. The van der Waals surface area contributed by atoms with Gasteiger partial charge in [-0.15, -0.1) is 0 Å². The third-order valence-corrected chi connectivity index (χ3v) is 4.99. The SMILES string of the molecule is O=C(O)CC1CCCN1c1ccc(Oc2ccc(Oc3ccccc3)cc2)cc1. The molecule has 0 aliphatic carbocycles. The van der Waals surface area contributed by atoms with Gasteiger partial charge in [-0.1, -0.05) is 18.2 Å². The highest BCUT2D eigenvalue weighted by Crippen LogP contribution is 2.31. The molecule has 4 rings (SSSR count). The minimum absolute atomic E-state index is 0.0661. The van der Waals surface area contributed by atoms with Crippen molar-refractivity contribution >= 4 is 11.7 Å². The van der Waals surface area contributed by atoms with Crippen molar-refractivity contribution in [3.63, 3.8) is 0 Å². The molecule has 5 heteroatoms. The maximum Gasteiger partial charge on any atom is 0.305 e. The van der Waals surface area contributed by atoms with E-state index in [0.29, 0.717) is 0 Å². The number of para-hydroxylation sites is 1. The predicted octanol–water partition coefficient (Wildman–Crippen LogP) is 5.71. The monoisotopic (exact) mass is 389 g/mol. The summed E-state index contributed by atoms with van der Waals surface area (Å²) < 4.78 is 11.7. The summed E-state index contributed by atoms with van der Waals surface area (Å²) in [5, 5.41) is 9.09. The largest absolute Gasteiger partial charge is 0.481 e. The van der Waals surface area contributed by atoms with Crippen LogP contribution in [-0.2, 0) is 4.79 Å². The molecule has 0 radical (unpaired) electrons. The summed E-state index contributed by atoms with van der Waals surface area (Å²) in [6, 6.07) is 25.0. The van der Waals surface area contributed by atoms with Crippen molar-refractivity contribution in [1.82, 2.24) is 0 Å². The average Bonchev–Trinajstić information content (AvgIpc) is 3.18. The number of rotatable bonds is 7. The molecule has 0 bridgehead atoms. The van der Waals surface area contributed by atoms with Crippen molar-refractivity contribution in [2.45, 2.75) is 25.3 Å². The number of carboxylic acid groups (broad SMARTS) is 1. The summed E-state index contributed by atoms with van der Waals surface area (Å²) in [7, 11) is 0. The van der Waals surface area contributed by atoms with Crippen LogP contribution in [0.3, 0.4) is 0 Å². The molecule has 3 aromatic rings. The Balaban J connectivity index is 1.38. The first-order chi connectivity index (χ1) is 14.2. The Kier molecular flexibility index (Phi) is 5.66. The number of anilines is 1. The molecule has 1 aliphatic heterocycles. The van der Waals surface area contributed by atoms with Crippen LogP contribution in [0, 0.1) is 0 Å². The lowest BCUT2D eigenvalue weighted by Crippen LogP contribution is -2.31. The molecule has 1 N–H and O–H groups in total. The molecule has 1 atom stereocenters. The molecule has 29 heavy (non-hydrogen) atoms. The quantitative estimate of drug-likeness (QED) is 0.560. The number of nitrogens with zero attached hydrogens (tertiary/aromatic N) is 1. The molecular weight excluding hydrogens is 366 g/mol. The summed E-state index contributed by atoms with van der Waals surface area (Å²) >= 11 is 0. The van der Waals surface area contributed by atoms with E-state index in [1.54, 1.807) is 0 Å². The zero-order valence-electron chi connectivity index (χ0n) is 16.0. The first-order valence-electron chi connectivity index (χ1n) is 9.77. The Hall–Kier alpha value is -3.47. The Morgan fingerprint density at radius 2 is 1.34 bits per heavy atom. The Morgan fingerprint density at radius 3 is 1.90 bits per heavy atom. The molecule has 5 nitrogen and oxygen atoms in total. The number of carbonyl (C=O) groups is 1. The van der Waals surface area contributed by atoms with Crippen molar-refractivity contribution in [2.24, 2.45) is 0 Å².